The molecular formula is C13H11F3N2O2. The molecule has 0 amide bonds. The number of aliphatic hydroxyl groups excluding tert-OH is 1. The predicted octanol–water partition coefficient (Wildman–Crippen LogP) is 2.65. The summed E-state index contributed by atoms with van der Waals surface area (Å²) in [6, 6.07) is 6.98. The van der Waals surface area contributed by atoms with Crippen molar-refractivity contribution in [2.75, 3.05) is 0 Å². The van der Waals surface area contributed by atoms with E-state index in [1.807, 2.05) is 0 Å². The highest BCUT2D eigenvalue weighted by atomic mass is 19.4. The Balaban J connectivity index is 2.00. The Labute approximate surface area is 112 Å². The van der Waals surface area contributed by atoms with Crippen LogP contribution in [-0.4, -0.2) is 21.7 Å². The Morgan fingerprint density at radius 3 is 2.35 bits per heavy atom. The van der Waals surface area contributed by atoms with E-state index in [-0.39, 0.29) is 12.2 Å². The van der Waals surface area contributed by atoms with Gasteiger partial charge in [-0.1, -0.05) is 12.1 Å². The maximum Gasteiger partial charge on any atom is 0.573 e. The van der Waals surface area contributed by atoms with Crippen LogP contribution in [0.5, 0.6) is 5.75 Å². The smallest absolute Gasteiger partial charge is 0.406 e. The van der Waals surface area contributed by atoms with Gasteiger partial charge >= 0.3 is 6.36 Å². The molecule has 0 aliphatic heterocycles. The number of nitrogens with zero attached hydrogens (tertiary/aromatic N) is 2. The van der Waals surface area contributed by atoms with Crippen LogP contribution in [0.1, 0.15) is 17.2 Å². The SMILES string of the molecule is OC(Cc1ccc(OC(F)(F)F)cc1)c1ccnnc1. The van der Waals surface area contributed by atoms with E-state index >= 15 is 0 Å². The zero-order valence-corrected chi connectivity index (χ0v) is 10.2. The van der Waals surface area contributed by atoms with E-state index in [4.69, 9.17) is 0 Å². The van der Waals surface area contributed by atoms with Crippen molar-refractivity contribution in [1.82, 2.24) is 10.2 Å². The highest BCUT2D eigenvalue weighted by Crippen LogP contribution is 2.24. The second kappa shape index (κ2) is 5.87. The van der Waals surface area contributed by atoms with Gasteiger partial charge in [0.1, 0.15) is 5.75 Å². The molecule has 1 aromatic carbocycles. The summed E-state index contributed by atoms with van der Waals surface area (Å²) in [5.41, 5.74) is 1.28. The van der Waals surface area contributed by atoms with E-state index in [1.165, 1.54) is 36.7 Å². The largest absolute Gasteiger partial charge is 0.573 e. The molecule has 0 aliphatic rings. The van der Waals surface area contributed by atoms with Gasteiger partial charge in [0.05, 0.1) is 12.3 Å². The summed E-state index contributed by atoms with van der Waals surface area (Å²) in [5, 5.41) is 17.2. The summed E-state index contributed by atoms with van der Waals surface area (Å²) < 4.78 is 39.8. The lowest BCUT2D eigenvalue weighted by atomic mass is 10.0. The molecule has 0 saturated heterocycles. The second-order valence-corrected chi connectivity index (χ2v) is 4.09. The number of benzene rings is 1. The number of ether oxygens (including phenoxy) is 1. The van der Waals surface area contributed by atoms with Crippen molar-refractivity contribution >= 4 is 0 Å². The van der Waals surface area contributed by atoms with Gasteiger partial charge in [-0.05, 0) is 23.8 Å². The first-order chi connectivity index (χ1) is 9.44. The average molecular weight is 284 g/mol. The van der Waals surface area contributed by atoms with Crippen LogP contribution in [0.3, 0.4) is 0 Å². The Morgan fingerprint density at radius 2 is 1.80 bits per heavy atom. The molecular weight excluding hydrogens is 273 g/mol. The van der Waals surface area contributed by atoms with Crippen LogP contribution in [0.2, 0.25) is 0 Å². The fraction of sp³-hybridized carbons (Fsp3) is 0.231. The third-order valence-corrected chi connectivity index (χ3v) is 2.58. The first-order valence-electron chi connectivity index (χ1n) is 5.73. The molecule has 1 N–H and O–H groups in total. The van der Waals surface area contributed by atoms with Gasteiger partial charge in [-0.15, -0.1) is 13.2 Å². The van der Waals surface area contributed by atoms with Crippen molar-refractivity contribution in [2.24, 2.45) is 0 Å². The average Bonchev–Trinajstić information content (AvgIpc) is 2.40. The van der Waals surface area contributed by atoms with Crippen LogP contribution in [0.4, 0.5) is 13.2 Å². The molecule has 1 unspecified atom stereocenters. The number of halogens is 3. The topological polar surface area (TPSA) is 55.2 Å². The van der Waals surface area contributed by atoms with Crippen LogP contribution >= 0.6 is 0 Å². The Morgan fingerprint density at radius 1 is 1.10 bits per heavy atom. The number of rotatable bonds is 4. The fourth-order valence-corrected chi connectivity index (χ4v) is 1.67. The highest BCUT2D eigenvalue weighted by molar-refractivity contribution is 5.28. The van der Waals surface area contributed by atoms with E-state index in [0.717, 1.165) is 0 Å². The number of hydrogen-bond acceptors (Lipinski definition) is 4. The molecule has 0 spiro atoms. The lowest BCUT2D eigenvalue weighted by Crippen LogP contribution is -2.17. The quantitative estimate of drug-likeness (QED) is 0.937. The number of hydrogen-bond donors (Lipinski definition) is 1. The molecule has 0 fully saturated rings. The summed E-state index contributed by atoms with van der Waals surface area (Å²) >= 11 is 0. The molecule has 1 heterocycles. The maximum atomic E-state index is 12.0. The van der Waals surface area contributed by atoms with Crippen LogP contribution in [0.15, 0.2) is 42.7 Å². The third-order valence-electron chi connectivity index (χ3n) is 2.58. The van der Waals surface area contributed by atoms with Crippen molar-refractivity contribution in [2.45, 2.75) is 18.9 Å². The minimum absolute atomic E-state index is 0.262. The molecule has 20 heavy (non-hydrogen) atoms. The predicted molar refractivity (Wildman–Crippen MR) is 63.8 cm³/mol. The summed E-state index contributed by atoms with van der Waals surface area (Å²) in [4.78, 5) is 0. The maximum absolute atomic E-state index is 12.0. The lowest BCUT2D eigenvalue weighted by Gasteiger charge is -2.12. The molecule has 106 valence electrons. The van der Waals surface area contributed by atoms with Gasteiger partial charge in [-0.2, -0.15) is 10.2 Å². The van der Waals surface area contributed by atoms with Gasteiger partial charge in [-0.25, -0.2) is 0 Å². The minimum Gasteiger partial charge on any atom is -0.406 e. The monoisotopic (exact) mass is 284 g/mol. The summed E-state index contributed by atoms with van der Waals surface area (Å²) in [6.45, 7) is 0. The lowest BCUT2D eigenvalue weighted by molar-refractivity contribution is -0.274. The van der Waals surface area contributed by atoms with Crippen molar-refractivity contribution in [3.05, 3.63) is 53.9 Å². The van der Waals surface area contributed by atoms with E-state index in [9.17, 15) is 18.3 Å². The zero-order valence-electron chi connectivity index (χ0n) is 10.2. The zero-order chi connectivity index (χ0) is 14.6. The van der Waals surface area contributed by atoms with Crippen molar-refractivity contribution < 1.29 is 23.0 Å². The number of alkyl halides is 3. The fourth-order valence-electron chi connectivity index (χ4n) is 1.67. The number of aliphatic hydroxyl groups is 1. The molecule has 0 radical (unpaired) electrons. The Kier molecular flexibility index (Phi) is 4.19. The van der Waals surface area contributed by atoms with Gasteiger partial charge in [0.15, 0.2) is 0 Å². The first-order valence-corrected chi connectivity index (χ1v) is 5.73. The van der Waals surface area contributed by atoms with E-state index in [2.05, 4.69) is 14.9 Å². The van der Waals surface area contributed by atoms with Crippen LogP contribution in [0.25, 0.3) is 0 Å². The van der Waals surface area contributed by atoms with Gasteiger partial charge in [0, 0.05) is 18.2 Å². The molecule has 7 heteroatoms. The van der Waals surface area contributed by atoms with Gasteiger partial charge < -0.3 is 9.84 Å². The van der Waals surface area contributed by atoms with E-state index in [0.29, 0.717) is 11.1 Å². The van der Waals surface area contributed by atoms with Crippen molar-refractivity contribution in [3.8, 4) is 5.75 Å². The molecule has 0 bridgehead atoms. The molecule has 0 aliphatic carbocycles. The molecule has 1 aromatic heterocycles. The van der Waals surface area contributed by atoms with Gasteiger partial charge in [0.25, 0.3) is 0 Å². The van der Waals surface area contributed by atoms with Gasteiger partial charge in [-0.3, -0.25) is 0 Å². The second-order valence-electron chi connectivity index (χ2n) is 4.09. The first kappa shape index (κ1) is 14.3. The molecule has 2 rings (SSSR count). The van der Waals surface area contributed by atoms with Crippen LogP contribution in [-0.2, 0) is 6.42 Å². The standard InChI is InChI=1S/C13H11F3N2O2/c14-13(15,16)20-11-3-1-9(2-4-11)7-12(19)10-5-6-17-18-8-10/h1-6,8,12,19H,7H2. The Hall–Kier alpha value is -2.15. The van der Waals surface area contributed by atoms with Crippen LogP contribution in [0, 0.1) is 0 Å². The third kappa shape index (κ3) is 4.20. The van der Waals surface area contributed by atoms with Gasteiger partial charge in [0.2, 0.25) is 0 Å². The summed E-state index contributed by atoms with van der Waals surface area (Å²) in [5.74, 6) is -0.290. The van der Waals surface area contributed by atoms with Crippen molar-refractivity contribution in [1.29, 1.82) is 0 Å². The Bertz CT molecular complexity index is 544. The molecule has 0 saturated carbocycles. The van der Waals surface area contributed by atoms with Crippen LogP contribution < -0.4 is 4.74 Å². The summed E-state index contributed by atoms with van der Waals surface area (Å²) in [6.07, 6.45) is -2.34. The molecule has 4 nitrogen and oxygen atoms in total. The van der Waals surface area contributed by atoms with E-state index < -0.39 is 12.5 Å². The molecule has 2 aromatic rings. The molecule has 1 atom stereocenters. The highest BCUT2D eigenvalue weighted by Gasteiger charge is 2.30. The minimum atomic E-state index is -4.70. The van der Waals surface area contributed by atoms with E-state index in [1.54, 1.807) is 6.07 Å². The van der Waals surface area contributed by atoms with Crippen molar-refractivity contribution in [3.63, 3.8) is 0 Å². The number of aromatic nitrogens is 2. The summed E-state index contributed by atoms with van der Waals surface area (Å²) in [7, 11) is 0. The normalized spacial score (nSPS) is 13.0.